The molecule has 0 fully saturated rings. The second-order valence-electron chi connectivity index (χ2n) is 3.89. The fourth-order valence-corrected chi connectivity index (χ4v) is 1.37. The van der Waals surface area contributed by atoms with E-state index in [2.05, 4.69) is 5.32 Å². The number of aryl methyl sites for hydroxylation is 1. The summed E-state index contributed by atoms with van der Waals surface area (Å²) in [6.07, 6.45) is 0.751. The molecule has 0 bridgehead atoms. The Labute approximate surface area is 106 Å². The van der Waals surface area contributed by atoms with Gasteiger partial charge in [0.1, 0.15) is 11.6 Å². The van der Waals surface area contributed by atoms with Gasteiger partial charge in [-0.05, 0) is 25.0 Å². The van der Waals surface area contributed by atoms with E-state index in [1.54, 1.807) is 20.1 Å². The van der Waals surface area contributed by atoms with E-state index in [9.17, 15) is 9.18 Å². The number of benzene rings is 1. The predicted molar refractivity (Wildman–Crippen MR) is 66.1 cm³/mol. The van der Waals surface area contributed by atoms with Crippen LogP contribution >= 0.6 is 0 Å². The highest BCUT2D eigenvalue weighted by Crippen LogP contribution is 2.18. The summed E-state index contributed by atoms with van der Waals surface area (Å²) in [5.74, 6) is -0.215. The minimum Gasteiger partial charge on any atom is -0.483 e. The molecule has 5 heteroatoms. The molecule has 1 amide bonds. The van der Waals surface area contributed by atoms with Gasteiger partial charge in [-0.2, -0.15) is 0 Å². The average molecular weight is 255 g/mol. The lowest BCUT2D eigenvalue weighted by molar-refractivity contribution is -0.123. The van der Waals surface area contributed by atoms with E-state index in [4.69, 9.17) is 9.47 Å². The maximum atomic E-state index is 13.0. The molecule has 0 aliphatic rings. The van der Waals surface area contributed by atoms with Crippen molar-refractivity contribution in [1.29, 1.82) is 0 Å². The molecule has 0 spiro atoms. The highest BCUT2D eigenvalue weighted by Gasteiger charge is 2.05. The van der Waals surface area contributed by atoms with Crippen molar-refractivity contribution >= 4 is 5.91 Å². The molecule has 0 saturated heterocycles. The van der Waals surface area contributed by atoms with Crippen LogP contribution in [0.3, 0.4) is 0 Å². The first-order valence-electron chi connectivity index (χ1n) is 5.78. The highest BCUT2D eigenvalue weighted by molar-refractivity contribution is 5.77. The Morgan fingerprint density at radius 1 is 1.44 bits per heavy atom. The topological polar surface area (TPSA) is 47.6 Å². The number of amides is 1. The largest absolute Gasteiger partial charge is 0.483 e. The monoisotopic (exact) mass is 255 g/mol. The van der Waals surface area contributed by atoms with E-state index >= 15 is 0 Å². The Morgan fingerprint density at radius 3 is 2.94 bits per heavy atom. The summed E-state index contributed by atoms with van der Waals surface area (Å²) in [6, 6.07) is 4.24. The van der Waals surface area contributed by atoms with E-state index in [0.29, 0.717) is 18.9 Å². The highest BCUT2D eigenvalue weighted by atomic mass is 19.1. The van der Waals surface area contributed by atoms with Gasteiger partial charge in [-0.3, -0.25) is 4.79 Å². The lowest BCUT2D eigenvalue weighted by atomic mass is 10.2. The zero-order valence-corrected chi connectivity index (χ0v) is 10.7. The van der Waals surface area contributed by atoms with Crippen LogP contribution in [-0.4, -0.2) is 32.8 Å². The average Bonchev–Trinajstić information content (AvgIpc) is 2.36. The molecule has 0 heterocycles. The summed E-state index contributed by atoms with van der Waals surface area (Å²) < 4.78 is 23.1. The molecule has 1 rings (SSSR count). The molecule has 0 atom stereocenters. The van der Waals surface area contributed by atoms with Crippen LogP contribution < -0.4 is 10.1 Å². The summed E-state index contributed by atoms with van der Waals surface area (Å²) in [7, 11) is 1.61. The zero-order valence-electron chi connectivity index (χ0n) is 10.7. The van der Waals surface area contributed by atoms with Crippen molar-refractivity contribution in [2.75, 3.05) is 26.9 Å². The van der Waals surface area contributed by atoms with E-state index in [1.807, 2.05) is 0 Å². The maximum absolute atomic E-state index is 13.0. The van der Waals surface area contributed by atoms with Crippen molar-refractivity contribution in [3.8, 4) is 5.75 Å². The predicted octanol–water partition coefficient (Wildman–Crippen LogP) is 1.67. The number of carbonyl (C=O) groups excluding carboxylic acids is 1. The Morgan fingerprint density at radius 2 is 2.22 bits per heavy atom. The Balaban J connectivity index is 2.31. The smallest absolute Gasteiger partial charge is 0.257 e. The maximum Gasteiger partial charge on any atom is 0.257 e. The van der Waals surface area contributed by atoms with Gasteiger partial charge in [0.15, 0.2) is 6.61 Å². The third-order valence-corrected chi connectivity index (χ3v) is 2.36. The van der Waals surface area contributed by atoms with Crippen molar-refractivity contribution in [3.63, 3.8) is 0 Å². The first kappa shape index (κ1) is 14.4. The molecule has 0 aliphatic carbocycles. The number of carbonyl (C=O) groups is 1. The lowest BCUT2D eigenvalue weighted by Crippen LogP contribution is -2.30. The normalized spacial score (nSPS) is 10.2. The summed E-state index contributed by atoms with van der Waals surface area (Å²) in [5, 5.41) is 2.68. The van der Waals surface area contributed by atoms with E-state index in [0.717, 1.165) is 12.0 Å². The minimum atomic E-state index is -0.379. The molecule has 1 aromatic carbocycles. The van der Waals surface area contributed by atoms with Crippen molar-refractivity contribution in [1.82, 2.24) is 5.32 Å². The minimum absolute atomic E-state index is 0.114. The van der Waals surface area contributed by atoms with Gasteiger partial charge >= 0.3 is 0 Å². The third-order valence-electron chi connectivity index (χ3n) is 2.36. The van der Waals surface area contributed by atoms with Gasteiger partial charge in [0, 0.05) is 26.3 Å². The van der Waals surface area contributed by atoms with Gasteiger partial charge in [0.05, 0.1) is 0 Å². The summed E-state index contributed by atoms with van der Waals surface area (Å²) in [5.41, 5.74) is 0.795. The van der Waals surface area contributed by atoms with E-state index < -0.39 is 0 Å². The lowest BCUT2D eigenvalue weighted by Gasteiger charge is -2.09. The third kappa shape index (κ3) is 5.14. The van der Waals surface area contributed by atoms with Crippen LogP contribution in [0.15, 0.2) is 18.2 Å². The molecular weight excluding hydrogens is 237 g/mol. The van der Waals surface area contributed by atoms with E-state index in [-0.39, 0.29) is 18.3 Å². The van der Waals surface area contributed by atoms with Crippen LogP contribution in [-0.2, 0) is 9.53 Å². The molecular formula is C13H18FNO3. The van der Waals surface area contributed by atoms with Gasteiger partial charge in [0.25, 0.3) is 5.91 Å². The summed E-state index contributed by atoms with van der Waals surface area (Å²) in [4.78, 5) is 11.4. The zero-order chi connectivity index (χ0) is 13.4. The number of hydrogen-bond donors (Lipinski definition) is 1. The first-order chi connectivity index (χ1) is 8.63. The van der Waals surface area contributed by atoms with Crippen LogP contribution in [0.5, 0.6) is 5.75 Å². The molecule has 0 saturated carbocycles. The van der Waals surface area contributed by atoms with Crippen LogP contribution in [0, 0.1) is 12.7 Å². The first-order valence-corrected chi connectivity index (χ1v) is 5.78. The second-order valence-corrected chi connectivity index (χ2v) is 3.89. The number of methoxy groups -OCH3 is 1. The molecule has 0 aliphatic heterocycles. The SMILES string of the molecule is COCCCNC(=O)COc1cc(F)ccc1C. The van der Waals surface area contributed by atoms with Crippen LogP contribution in [0.2, 0.25) is 0 Å². The molecule has 1 N–H and O–H groups in total. The van der Waals surface area contributed by atoms with Crippen LogP contribution in [0.25, 0.3) is 0 Å². The van der Waals surface area contributed by atoms with Gasteiger partial charge in [-0.1, -0.05) is 6.07 Å². The Kier molecular flexibility index (Phi) is 6.14. The summed E-state index contributed by atoms with van der Waals surface area (Å²) >= 11 is 0. The van der Waals surface area contributed by atoms with Crippen LogP contribution in [0.4, 0.5) is 4.39 Å². The Bertz CT molecular complexity index is 396. The number of nitrogens with one attached hydrogen (secondary N) is 1. The Hall–Kier alpha value is -1.62. The van der Waals surface area contributed by atoms with Gasteiger partial charge < -0.3 is 14.8 Å². The number of halogens is 1. The van der Waals surface area contributed by atoms with Crippen molar-refractivity contribution in [2.45, 2.75) is 13.3 Å². The van der Waals surface area contributed by atoms with Crippen molar-refractivity contribution in [2.24, 2.45) is 0 Å². The molecule has 0 radical (unpaired) electrons. The van der Waals surface area contributed by atoms with Crippen molar-refractivity contribution < 1.29 is 18.7 Å². The molecule has 1 aromatic rings. The van der Waals surface area contributed by atoms with Gasteiger partial charge in [-0.25, -0.2) is 4.39 Å². The number of rotatable bonds is 7. The van der Waals surface area contributed by atoms with Gasteiger partial charge in [-0.15, -0.1) is 0 Å². The van der Waals surface area contributed by atoms with Crippen molar-refractivity contribution in [3.05, 3.63) is 29.6 Å². The van der Waals surface area contributed by atoms with Gasteiger partial charge in [0.2, 0.25) is 0 Å². The molecule has 0 aromatic heterocycles. The fraction of sp³-hybridized carbons (Fsp3) is 0.462. The molecule has 4 nitrogen and oxygen atoms in total. The quantitative estimate of drug-likeness (QED) is 0.754. The molecule has 18 heavy (non-hydrogen) atoms. The summed E-state index contributed by atoms with van der Waals surface area (Å²) in [6.45, 7) is 2.82. The fourth-order valence-electron chi connectivity index (χ4n) is 1.37. The van der Waals surface area contributed by atoms with E-state index in [1.165, 1.54) is 12.1 Å². The number of ether oxygens (including phenoxy) is 2. The standard InChI is InChI=1S/C13H18FNO3/c1-10-4-5-11(14)8-12(10)18-9-13(16)15-6-3-7-17-2/h4-5,8H,3,6-7,9H2,1-2H3,(H,15,16). The number of hydrogen-bond acceptors (Lipinski definition) is 3. The van der Waals surface area contributed by atoms with Crippen LogP contribution in [0.1, 0.15) is 12.0 Å². The molecule has 100 valence electrons. The second kappa shape index (κ2) is 7.66. The molecule has 0 unspecified atom stereocenters.